The van der Waals surface area contributed by atoms with E-state index in [9.17, 15) is 4.79 Å². The molecule has 0 aromatic heterocycles. The molecule has 0 spiro atoms. The SMILES string of the molecule is Cc1ccc(C)c(C(=O)/C=C/Nc2ccccc2C#N)c1. The van der Waals surface area contributed by atoms with Crippen LogP contribution in [0, 0.1) is 25.2 Å². The van der Waals surface area contributed by atoms with E-state index in [0.717, 1.165) is 11.1 Å². The smallest absolute Gasteiger partial charge is 0.187 e. The van der Waals surface area contributed by atoms with Crippen molar-refractivity contribution >= 4 is 11.5 Å². The molecule has 0 saturated heterocycles. The van der Waals surface area contributed by atoms with Gasteiger partial charge >= 0.3 is 0 Å². The molecule has 0 amide bonds. The molecule has 3 nitrogen and oxygen atoms in total. The van der Waals surface area contributed by atoms with Gasteiger partial charge in [0.15, 0.2) is 5.78 Å². The third-order valence-corrected chi connectivity index (χ3v) is 3.18. The summed E-state index contributed by atoms with van der Waals surface area (Å²) >= 11 is 0. The molecule has 2 rings (SSSR count). The number of hydrogen-bond acceptors (Lipinski definition) is 3. The largest absolute Gasteiger partial charge is 0.360 e. The maximum atomic E-state index is 12.2. The van der Waals surface area contributed by atoms with Crippen LogP contribution < -0.4 is 5.32 Å². The van der Waals surface area contributed by atoms with Crippen LogP contribution >= 0.6 is 0 Å². The number of carbonyl (C=O) groups excluding carboxylic acids is 1. The van der Waals surface area contributed by atoms with Gasteiger partial charge in [0.1, 0.15) is 6.07 Å². The van der Waals surface area contributed by atoms with E-state index < -0.39 is 0 Å². The number of nitrogens with zero attached hydrogens (tertiary/aromatic N) is 1. The van der Waals surface area contributed by atoms with Crippen LogP contribution in [0.2, 0.25) is 0 Å². The zero-order valence-corrected chi connectivity index (χ0v) is 12.1. The average molecular weight is 276 g/mol. The van der Waals surface area contributed by atoms with Crippen molar-refractivity contribution < 1.29 is 4.79 Å². The summed E-state index contributed by atoms with van der Waals surface area (Å²) in [5.74, 6) is -0.0573. The first-order chi connectivity index (χ1) is 10.1. The Morgan fingerprint density at radius 1 is 1.19 bits per heavy atom. The highest BCUT2D eigenvalue weighted by Gasteiger charge is 2.05. The molecule has 0 atom stereocenters. The van der Waals surface area contributed by atoms with E-state index >= 15 is 0 Å². The summed E-state index contributed by atoms with van der Waals surface area (Å²) in [4.78, 5) is 12.2. The van der Waals surface area contributed by atoms with E-state index in [1.807, 2.05) is 38.1 Å². The van der Waals surface area contributed by atoms with Gasteiger partial charge in [0.25, 0.3) is 0 Å². The number of rotatable bonds is 4. The molecule has 0 saturated carbocycles. The Bertz CT molecular complexity index is 739. The first-order valence-corrected chi connectivity index (χ1v) is 6.65. The minimum absolute atomic E-state index is 0.0573. The van der Waals surface area contributed by atoms with E-state index in [2.05, 4.69) is 11.4 Å². The molecule has 0 unspecified atom stereocenters. The normalized spacial score (nSPS) is 10.3. The Morgan fingerprint density at radius 2 is 1.95 bits per heavy atom. The lowest BCUT2D eigenvalue weighted by atomic mass is 10.0. The first kappa shape index (κ1) is 14.5. The Hall–Kier alpha value is -2.86. The highest BCUT2D eigenvalue weighted by atomic mass is 16.1. The lowest BCUT2D eigenvalue weighted by Crippen LogP contribution is -2.00. The van der Waals surface area contributed by atoms with Crippen molar-refractivity contribution in [3.63, 3.8) is 0 Å². The van der Waals surface area contributed by atoms with Crippen molar-refractivity contribution in [2.75, 3.05) is 5.32 Å². The van der Waals surface area contributed by atoms with Gasteiger partial charge < -0.3 is 5.32 Å². The first-order valence-electron chi connectivity index (χ1n) is 6.65. The van der Waals surface area contributed by atoms with Gasteiger partial charge in [-0.15, -0.1) is 0 Å². The fraction of sp³-hybridized carbons (Fsp3) is 0.111. The van der Waals surface area contributed by atoms with Gasteiger partial charge in [-0.3, -0.25) is 4.79 Å². The van der Waals surface area contributed by atoms with Crippen LogP contribution in [-0.2, 0) is 0 Å². The summed E-state index contributed by atoms with van der Waals surface area (Å²) in [6.45, 7) is 3.88. The molecule has 0 aliphatic rings. The Balaban J connectivity index is 2.13. The second-order valence-electron chi connectivity index (χ2n) is 4.82. The standard InChI is InChI=1S/C18H16N2O/c1-13-7-8-14(2)16(11-13)18(21)9-10-20-17-6-4-3-5-15(17)12-19/h3-11,20H,1-2H3/b10-9+. The number of para-hydroxylation sites is 1. The number of hydrogen-bond donors (Lipinski definition) is 1. The van der Waals surface area contributed by atoms with Crippen LogP contribution in [0.3, 0.4) is 0 Å². The molecule has 1 N–H and O–H groups in total. The maximum Gasteiger partial charge on any atom is 0.187 e. The van der Waals surface area contributed by atoms with Gasteiger partial charge in [0.2, 0.25) is 0 Å². The van der Waals surface area contributed by atoms with Crippen molar-refractivity contribution in [2.24, 2.45) is 0 Å². The number of allylic oxidation sites excluding steroid dienone is 1. The van der Waals surface area contributed by atoms with E-state index in [0.29, 0.717) is 16.8 Å². The van der Waals surface area contributed by atoms with Gasteiger partial charge in [-0.25, -0.2) is 0 Å². The maximum absolute atomic E-state index is 12.2. The number of carbonyl (C=O) groups is 1. The fourth-order valence-corrected chi connectivity index (χ4v) is 2.00. The quantitative estimate of drug-likeness (QED) is 0.678. The minimum atomic E-state index is -0.0573. The molecule has 0 aliphatic heterocycles. The molecule has 0 bridgehead atoms. The molecule has 0 radical (unpaired) electrons. The summed E-state index contributed by atoms with van der Waals surface area (Å²) in [6, 6.07) is 15.1. The molecule has 0 heterocycles. The van der Waals surface area contributed by atoms with Crippen LogP contribution in [0.5, 0.6) is 0 Å². The third-order valence-electron chi connectivity index (χ3n) is 3.18. The summed E-state index contributed by atoms with van der Waals surface area (Å²) in [7, 11) is 0. The van der Waals surface area contributed by atoms with Crippen molar-refractivity contribution in [1.82, 2.24) is 0 Å². The van der Waals surface area contributed by atoms with Crippen LogP contribution in [0.25, 0.3) is 0 Å². The average Bonchev–Trinajstić information content (AvgIpc) is 2.50. The second-order valence-corrected chi connectivity index (χ2v) is 4.82. The lowest BCUT2D eigenvalue weighted by molar-refractivity contribution is 0.104. The van der Waals surface area contributed by atoms with Crippen molar-refractivity contribution in [2.45, 2.75) is 13.8 Å². The third kappa shape index (κ3) is 3.58. The van der Waals surface area contributed by atoms with Crippen LogP contribution in [0.1, 0.15) is 27.0 Å². The number of benzene rings is 2. The number of ketones is 1. The summed E-state index contributed by atoms with van der Waals surface area (Å²) in [6.07, 6.45) is 3.05. The van der Waals surface area contributed by atoms with E-state index in [4.69, 9.17) is 5.26 Å². The second kappa shape index (κ2) is 6.53. The summed E-state index contributed by atoms with van der Waals surface area (Å²) in [5.41, 5.74) is 3.93. The van der Waals surface area contributed by atoms with Crippen molar-refractivity contribution in [3.05, 3.63) is 77.0 Å². The van der Waals surface area contributed by atoms with Gasteiger partial charge in [0, 0.05) is 17.8 Å². The fourth-order valence-electron chi connectivity index (χ4n) is 2.00. The Labute approximate surface area is 124 Å². The molecule has 0 aliphatic carbocycles. The zero-order valence-electron chi connectivity index (χ0n) is 12.1. The highest BCUT2D eigenvalue weighted by molar-refractivity contribution is 6.05. The number of anilines is 1. The summed E-state index contributed by atoms with van der Waals surface area (Å²) in [5, 5.41) is 12.0. The molecular weight excluding hydrogens is 260 g/mol. The Morgan fingerprint density at radius 3 is 2.71 bits per heavy atom. The van der Waals surface area contributed by atoms with Crippen LogP contribution in [0.15, 0.2) is 54.7 Å². The monoisotopic (exact) mass is 276 g/mol. The molecular formula is C18H16N2O. The van der Waals surface area contributed by atoms with E-state index in [1.54, 1.807) is 24.4 Å². The topological polar surface area (TPSA) is 52.9 Å². The van der Waals surface area contributed by atoms with Crippen molar-refractivity contribution in [1.29, 1.82) is 5.26 Å². The van der Waals surface area contributed by atoms with Crippen molar-refractivity contribution in [3.8, 4) is 6.07 Å². The highest BCUT2D eigenvalue weighted by Crippen LogP contribution is 2.14. The lowest BCUT2D eigenvalue weighted by Gasteiger charge is -2.04. The Kier molecular flexibility index (Phi) is 4.53. The molecule has 0 fully saturated rings. The molecule has 2 aromatic carbocycles. The zero-order chi connectivity index (χ0) is 15.2. The summed E-state index contributed by atoms with van der Waals surface area (Å²) < 4.78 is 0. The number of nitriles is 1. The molecule has 2 aromatic rings. The minimum Gasteiger partial charge on any atom is -0.360 e. The number of nitrogens with one attached hydrogen (secondary N) is 1. The van der Waals surface area contributed by atoms with Crippen LogP contribution in [-0.4, -0.2) is 5.78 Å². The predicted octanol–water partition coefficient (Wildman–Crippen LogP) is 3.98. The van der Waals surface area contributed by atoms with Gasteiger partial charge in [0.05, 0.1) is 11.3 Å². The van der Waals surface area contributed by atoms with Gasteiger partial charge in [-0.05, 0) is 37.6 Å². The molecule has 21 heavy (non-hydrogen) atoms. The molecule has 104 valence electrons. The van der Waals surface area contributed by atoms with Gasteiger partial charge in [-0.1, -0.05) is 29.8 Å². The van der Waals surface area contributed by atoms with E-state index in [-0.39, 0.29) is 5.78 Å². The number of aryl methyl sites for hydroxylation is 2. The van der Waals surface area contributed by atoms with Crippen LogP contribution in [0.4, 0.5) is 5.69 Å². The van der Waals surface area contributed by atoms with Gasteiger partial charge in [-0.2, -0.15) is 5.26 Å². The molecule has 3 heteroatoms. The van der Waals surface area contributed by atoms with E-state index in [1.165, 1.54) is 6.08 Å². The predicted molar refractivity (Wildman–Crippen MR) is 84.2 cm³/mol.